The number of aliphatic hydroxyl groups excluding tert-OH is 1. The largest absolute Gasteiger partial charge is 0.396 e. The molecule has 0 aliphatic rings. The van der Waals surface area contributed by atoms with Crippen LogP contribution in [0.25, 0.3) is 0 Å². The van der Waals surface area contributed by atoms with Crippen molar-refractivity contribution in [1.29, 1.82) is 0 Å². The summed E-state index contributed by atoms with van der Waals surface area (Å²) >= 11 is 3.50. The highest BCUT2D eigenvalue weighted by Crippen LogP contribution is 2.27. The Kier molecular flexibility index (Phi) is 5.47. The molecule has 0 saturated heterocycles. The van der Waals surface area contributed by atoms with E-state index in [4.69, 9.17) is 0 Å². The van der Waals surface area contributed by atoms with Gasteiger partial charge >= 0.3 is 0 Å². The molecular weight excluding hydrogens is 278 g/mol. The van der Waals surface area contributed by atoms with Crippen molar-refractivity contribution in [3.05, 3.63) is 28.2 Å². The van der Waals surface area contributed by atoms with Crippen LogP contribution in [0.15, 0.2) is 22.7 Å². The summed E-state index contributed by atoms with van der Waals surface area (Å²) in [5, 5.41) is 12.9. The minimum absolute atomic E-state index is 0.00375. The van der Waals surface area contributed by atoms with Crippen molar-refractivity contribution >= 4 is 21.6 Å². The normalized spacial score (nSPS) is 11.6. The van der Waals surface area contributed by atoms with Crippen LogP contribution in [0, 0.1) is 12.3 Å². The molecule has 96 valence electrons. The molecular formula is C14H22BrNO. The zero-order valence-electron chi connectivity index (χ0n) is 10.9. The number of halogens is 1. The number of benzene rings is 1. The number of hydrogen-bond donors (Lipinski definition) is 2. The molecule has 0 radical (unpaired) electrons. The quantitative estimate of drug-likeness (QED) is 0.833. The lowest BCUT2D eigenvalue weighted by Gasteiger charge is -2.30. The molecule has 0 aliphatic heterocycles. The van der Waals surface area contributed by atoms with E-state index in [1.807, 2.05) is 0 Å². The number of anilines is 1. The molecule has 0 heterocycles. The Morgan fingerprint density at radius 3 is 2.35 bits per heavy atom. The summed E-state index contributed by atoms with van der Waals surface area (Å²) in [7, 11) is 0. The van der Waals surface area contributed by atoms with Crippen LogP contribution in [0.3, 0.4) is 0 Å². The SMILES string of the molecule is CCC(CC)(CO)CNc1cc(C)cc(Br)c1. The maximum atomic E-state index is 9.51. The average molecular weight is 300 g/mol. The molecule has 0 aromatic heterocycles. The highest BCUT2D eigenvalue weighted by atomic mass is 79.9. The Labute approximate surface area is 113 Å². The van der Waals surface area contributed by atoms with Gasteiger partial charge in [-0.25, -0.2) is 0 Å². The fourth-order valence-corrected chi connectivity index (χ4v) is 2.52. The average Bonchev–Trinajstić information content (AvgIpc) is 2.30. The first-order valence-electron chi connectivity index (χ1n) is 6.17. The molecule has 1 aromatic carbocycles. The van der Waals surface area contributed by atoms with Crippen LogP contribution in [0.1, 0.15) is 32.3 Å². The van der Waals surface area contributed by atoms with Crippen LogP contribution >= 0.6 is 15.9 Å². The third-order valence-corrected chi connectivity index (χ3v) is 4.00. The van der Waals surface area contributed by atoms with Crippen LogP contribution < -0.4 is 5.32 Å². The zero-order valence-corrected chi connectivity index (χ0v) is 12.5. The molecule has 3 heteroatoms. The number of nitrogens with one attached hydrogen (secondary N) is 1. The maximum Gasteiger partial charge on any atom is 0.0504 e. The molecule has 0 bridgehead atoms. The second-order valence-corrected chi connectivity index (χ2v) is 5.65. The van der Waals surface area contributed by atoms with E-state index >= 15 is 0 Å². The molecule has 0 saturated carbocycles. The minimum Gasteiger partial charge on any atom is -0.396 e. The van der Waals surface area contributed by atoms with Gasteiger partial charge in [0.2, 0.25) is 0 Å². The van der Waals surface area contributed by atoms with Crippen molar-refractivity contribution < 1.29 is 5.11 Å². The second kappa shape index (κ2) is 6.41. The maximum absolute atomic E-state index is 9.51. The van der Waals surface area contributed by atoms with Crippen molar-refractivity contribution in [2.24, 2.45) is 5.41 Å². The van der Waals surface area contributed by atoms with Gasteiger partial charge in [0.15, 0.2) is 0 Å². The van der Waals surface area contributed by atoms with E-state index < -0.39 is 0 Å². The predicted molar refractivity (Wildman–Crippen MR) is 77.5 cm³/mol. The summed E-state index contributed by atoms with van der Waals surface area (Å²) in [6.07, 6.45) is 1.97. The van der Waals surface area contributed by atoms with Crippen LogP contribution in [-0.4, -0.2) is 18.3 Å². The first-order chi connectivity index (χ1) is 8.05. The molecule has 17 heavy (non-hydrogen) atoms. The van der Waals surface area contributed by atoms with Crippen molar-refractivity contribution in [2.45, 2.75) is 33.6 Å². The van der Waals surface area contributed by atoms with Crippen molar-refractivity contribution in [3.63, 3.8) is 0 Å². The van der Waals surface area contributed by atoms with Crippen LogP contribution in [0.5, 0.6) is 0 Å². The Morgan fingerprint density at radius 2 is 1.88 bits per heavy atom. The third kappa shape index (κ3) is 4.00. The highest BCUT2D eigenvalue weighted by molar-refractivity contribution is 9.10. The monoisotopic (exact) mass is 299 g/mol. The molecule has 0 fully saturated rings. The van der Waals surface area contributed by atoms with Crippen LogP contribution in [0.4, 0.5) is 5.69 Å². The summed E-state index contributed by atoms with van der Waals surface area (Å²) < 4.78 is 1.09. The Hall–Kier alpha value is -0.540. The zero-order chi connectivity index (χ0) is 12.9. The van der Waals surface area contributed by atoms with E-state index in [0.29, 0.717) is 0 Å². The standard InChI is InChI=1S/C14H22BrNO/c1-4-14(5-2,10-17)9-16-13-7-11(3)6-12(15)8-13/h6-8,16-17H,4-5,9-10H2,1-3H3. The van der Waals surface area contributed by atoms with Gasteiger partial charge in [-0.05, 0) is 43.5 Å². The van der Waals surface area contributed by atoms with Gasteiger partial charge in [-0.2, -0.15) is 0 Å². The Morgan fingerprint density at radius 1 is 1.24 bits per heavy atom. The van der Waals surface area contributed by atoms with Gasteiger partial charge in [0, 0.05) is 22.1 Å². The van der Waals surface area contributed by atoms with Gasteiger partial charge < -0.3 is 10.4 Å². The molecule has 0 aliphatic carbocycles. The third-order valence-electron chi connectivity index (χ3n) is 3.55. The van der Waals surface area contributed by atoms with Gasteiger partial charge in [0.05, 0.1) is 6.61 Å². The Bertz CT molecular complexity index is 333. The van der Waals surface area contributed by atoms with E-state index in [0.717, 1.165) is 29.5 Å². The van der Waals surface area contributed by atoms with Gasteiger partial charge in [-0.1, -0.05) is 29.8 Å². The lowest BCUT2D eigenvalue weighted by Crippen LogP contribution is -2.32. The highest BCUT2D eigenvalue weighted by Gasteiger charge is 2.24. The van der Waals surface area contributed by atoms with E-state index in [2.05, 4.69) is 60.2 Å². The lowest BCUT2D eigenvalue weighted by atomic mass is 9.83. The first kappa shape index (κ1) is 14.5. The molecule has 2 N–H and O–H groups in total. The van der Waals surface area contributed by atoms with Crippen LogP contribution in [-0.2, 0) is 0 Å². The second-order valence-electron chi connectivity index (χ2n) is 4.74. The van der Waals surface area contributed by atoms with Crippen molar-refractivity contribution in [1.82, 2.24) is 0 Å². The molecule has 0 amide bonds. The summed E-state index contributed by atoms with van der Waals surface area (Å²) in [5.41, 5.74) is 2.33. The number of rotatable bonds is 6. The molecule has 0 atom stereocenters. The van der Waals surface area contributed by atoms with Gasteiger partial charge in [-0.15, -0.1) is 0 Å². The molecule has 0 unspecified atom stereocenters. The van der Waals surface area contributed by atoms with Gasteiger partial charge in [0.25, 0.3) is 0 Å². The molecule has 2 nitrogen and oxygen atoms in total. The first-order valence-corrected chi connectivity index (χ1v) is 6.96. The number of aliphatic hydroxyl groups is 1. The van der Waals surface area contributed by atoms with Gasteiger partial charge in [-0.3, -0.25) is 0 Å². The lowest BCUT2D eigenvalue weighted by molar-refractivity contribution is 0.127. The molecule has 1 rings (SSSR count). The fourth-order valence-electron chi connectivity index (χ4n) is 1.91. The van der Waals surface area contributed by atoms with E-state index in [9.17, 15) is 5.11 Å². The number of aryl methyl sites for hydroxylation is 1. The van der Waals surface area contributed by atoms with Gasteiger partial charge in [0.1, 0.15) is 0 Å². The fraction of sp³-hybridized carbons (Fsp3) is 0.571. The summed E-state index contributed by atoms with van der Waals surface area (Å²) in [6.45, 7) is 7.39. The predicted octanol–water partition coefficient (Wildman–Crippen LogP) is 3.97. The van der Waals surface area contributed by atoms with E-state index in [1.54, 1.807) is 0 Å². The smallest absolute Gasteiger partial charge is 0.0504 e. The molecule has 0 spiro atoms. The topological polar surface area (TPSA) is 32.3 Å². The summed E-state index contributed by atoms with van der Waals surface area (Å²) in [6, 6.07) is 6.28. The number of hydrogen-bond acceptors (Lipinski definition) is 2. The van der Waals surface area contributed by atoms with Crippen molar-refractivity contribution in [3.8, 4) is 0 Å². The molecule has 1 aromatic rings. The van der Waals surface area contributed by atoms with E-state index in [-0.39, 0.29) is 12.0 Å². The van der Waals surface area contributed by atoms with E-state index in [1.165, 1.54) is 5.56 Å². The minimum atomic E-state index is -0.00375. The summed E-state index contributed by atoms with van der Waals surface area (Å²) in [5.74, 6) is 0. The summed E-state index contributed by atoms with van der Waals surface area (Å²) in [4.78, 5) is 0. The van der Waals surface area contributed by atoms with Crippen LogP contribution in [0.2, 0.25) is 0 Å². The van der Waals surface area contributed by atoms with Crippen molar-refractivity contribution in [2.75, 3.05) is 18.5 Å². The Balaban J connectivity index is 2.71.